The molecule has 0 unspecified atom stereocenters. The van der Waals surface area contributed by atoms with Gasteiger partial charge in [0.25, 0.3) is 17.7 Å². The minimum absolute atomic E-state index is 0.0576. The van der Waals surface area contributed by atoms with Crippen molar-refractivity contribution < 1.29 is 19.2 Å². The van der Waals surface area contributed by atoms with E-state index in [1.807, 2.05) is 0 Å². The largest absolute Gasteiger partial charge is 0.351 e. The fraction of sp³-hybridized carbons (Fsp3) is 0.444. The molecule has 1 aromatic rings. The van der Waals surface area contributed by atoms with Crippen molar-refractivity contribution in [1.82, 2.24) is 15.1 Å². The van der Waals surface area contributed by atoms with Gasteiger partial charge in [-0.25, -0.2) is 0 Å². The van der Waals surface area contributed by atoms with Gasteiger partial charge in [-0.2, -0.15) is 0 Å². The van der Waals surface area contributed by atoms with Crippen LogP contribution in [0, 0.1) is 0 Å². The third kappa shape index (κ3) is 4.25. The van der Waals surface area contributed by atoms with Crippen molar-refractivity contribution >= 4 is 46.8 Å². The molecular weight excluding hydrogens is 393 g/mol. The van der Waals surface area contributed by atoms with E-state index in [1.165, 1.54) is 0 Å². The number of benzene rings is 1. The molecule has 144 valence electrons. The van der Waals surface area contributed by atoms with E-state index in [1.54, 1.807) is 29.2 Å². The molecule has 2 heterocycles. The Kier molecular flexibility index (Phi) is 6.01. The summed E-state index contributed by atoms with van der Waals surface area (Å²) in [5, 5.41) is 2.74. The molecule has 0 atom stereocenters. The third-order valence-corrected chi connectivity index (χ3v) is 5.22. The second kappa shape index (κ2) is 8.27. The Hall–Kier alpha value is -2.12. The van der Waals surface area contributed by atoms with Crippen LogP contribution in [0.15, 0.2) is 24.3 Å². The summed E-state index contributed by atoms with van der Waals surface area (Å²) in [6.45, 7) is 1.03. The number of nitrogens with zero attached hydrogens (tertiary/aromatic N) is 2. The molecule has 1 aromatic carbocycles. The summed E-state index contributed by atoms with van der Waals surface area (Å²) in [5.74, 6) is -1.28. The van der Waals surface area contributed by atoms with Gasteiger partial charge in [0.1, 0.15) is 0 Å². The van der Waals surface area contributed by atoms with E-state index in [2.05, 4.69) is 5.32 Å². The van der Waals surface area contributed by atoms with Crippen LogP contribution >= 0.6 is 23.2 Å². The SMILES string of the molecule is O=C(NC1CCN(C(=O)CCN2C(=O)c3ccccc3C2=O)CC1)C(Cl)Cl. The zero-order chi connectivity index (χ0) is 19.6. The lowest BCUT2D eigenvalue weighted by atomic mass is 10.0. The number of imide groups is 1. The summed E-state index contributed by atoms with van der Waals surface area (Å²) in [4.78, 5) is 50.3. The number of fused-ring (bicyclic) bond motifs is 1. The van der Waals surface area contributed by atoms with Gasteiger partial charge in [0.15, 0.2) is 4.84 Å². The predicted octanol–water partition coefficient (Wildman–Crippen LogP) is 1.58. The van der Waals surface area contributed by atoms with Gasteiger partial charge in [-0.05, 0) is 25.0 Å². The van der Waals surface area contributed by atoms with Crippen LogP contribution in [0.4, 0.5) is 0 Å². The fourth-order valence-electron chi connectivity index (χ4n) is 3.35. The molecular formula is C18H19Cl2N3O4. The van der Waals surface area contributed by atoms with Crippen LogP contribution < -0.4 is 5.32 Å². The van der Waals surface area contributed by atoms with Crippen LogP contribution in [0.1, 0.15) is 40.0 Å². The number of likely N-dealkylation sites (tertiary alicyclic amines) is 1. The van der Waals surface area contributed by atoms with Crippen molar-refractivity contribution in [3.8, 4) is 0 Å². The number of nitrogens with one attached hydrogen (secondary N) is 1. The number of carbonyl (C=O) groups excluding carboxylic acids is 4. The standard InChI is InChI=1S/C18H19Cl2N3O4/c19-15(20)16(25)21-11-5-8-22(9-6-11)14(24)7-10-23-17(26)12-3-1-2-4-13(12)18(23)27/h1-4,11,15H,5-10H2,(H,21,25). The highest BCUT2D eigenvalue weighted by Gasteiger charge is 2.35. The van der Waals surface area contributed by atoms with E-state index in [4.69, 9.17) is 23.2 Å². The molecule has 0 aromatic heterocycles. The Morgan fingerprint density at radius 2 is 1.63 bits per heavy atom. The minimum atomic E-state index is -1.11. The van der Waals surface area contributed by atoms with Crippen molar-refractivity contribution in [2.24, 2.45) is 0 Å². The maximum Gasteiger partial charge on any atom is 0.261 e. The van der Waals surface area contributed by atoms with Gasteiger partial charge in [0, 0.05) is 32.1 Å². The molecule has 1 N–H and O–H groups in total. The Bertz CT molecular complexity index is 741. The highest BCUT2D eigenvalue weighted by Crippen LogP contribution is 2.22. The highest BCUT2D eigenvalue weighted by molar-refractivity contribution is 6.53. The summed E-state index contributed by atoms with van der Waals surface area (Å²) >= 11 is 11.0. The maximum atomic E-state index is 12.4. The number of halogens is 2. The molecule has 4 amide bonds. The van der Waals surface area contributed by atoms with Crippen LogP contribution in [0.2, 0.25) is 0 Å². The molecule has 0 saturated carbocycles. The highest BCUT2D eigenvalue weighted by atomic mass is 35.5. The van der Waals surface area contributed by atoms with E-state index in [-0.39, 0.29) is 36.7 Å². The average molecular weight is 412 g/mol. The molecule has 1 saturated heterocycles. The molecule has 0 aliphatic carbocycles. The van der Waals surface area contributed by atoms with E-state index in [9.17, 15) is 19.2 Å². The number of alkyl halides is 2. The molecule has 0 spiro atoms. The lowest BCUT2D eigenvalue weighted by Crippen LogP contribution is -2.48. The Morgan fingerprint density at radius 1 is 1.07 bits per heavy atom. The van der Waals surface area contributed by atoms with Crippen molar-refractivity contribution in [2.45, 2.75) is 30.1 Å². The molecule has 0 bridgehead atoms. The van der Waals surface area contributed by atoms with Crippen molar-refractivity contribution in [2.75, 3.05) is 19.6 Å². The fourth-order valence-corrected chi connectivity index (χ4v) is 3.47. The molecule has 1 fully saturated rings. The van der Waals surface area contributed by atoms with E-state index in [0.717, 1.165) is 4.90 Å². The van der Waals surface area contributed by atoms with Gasteiger partial charge >= 0.3 is 0 Å². The van der Waals surface area contributed by atoms with Crippen LogP contribution in [0.5, 0.6) is 0 Å². The Balaban J connectivity index is 1.48. The first kappa shape index (κ1) is 19.6. The Morgan fingerprint density at radius 3 is 2.15 bits per heavy atom. The molecule has 9 heteroatoms. The summed E-state index contributed by atoms with van der Waals surface area (Å²) < 4.78 is 0. The van der Waals surface area contributed by atoms with E-state index in [0.29, 0.717) is 37.1 Å². The van der Waals surface area contributed by atoms with Crippen LogP contribution in [-0.2, 0) is 9.59 Å². The van der Waals surface area contributed by atoms with Crippen LogP contribution in [0.25, 0.3) is 0 Å². The molecule has 2 aliphatic rings. The zero-order valence-electron chi connectivity index (χ0n) is 14.5. The van der Waals surface area contributed by atoms with Gasteiger partial charge < -0.3 is 10.2 Å². The lowest BCUT2D eigenvalue weighted by molar-refractivity contribution is -0.132. The summed E-state index contributed by atoms with van der Waals surface area (Å²) in [6, 6.07) is 6.57. The predicted molar refractivity (Wildman–Crippen MR) is 99.7 cm³/mol. The molecule has 3 rings (SSSR count). The smallest absolute Gasteiger partial charge is 0.261 e. The van der Waals surface area contributed by atoms with Gasteiger partial charge in [0.05, 0.1) is 11.1 Å². The van der Waals surface area contributed by atoms with Gasteiger partial charge in [-0.1, -0.05) is 35.3 Å². The number of amides is 4. The third-order valence-electron chi connectivity index (χ3n) is 4.82. The monoisotopic (exact) mass is 411 g/mol. The maximum absolute atomic E-state index is 12.4. The zero-order valence-corrected chi connectivity index (χ0v) is 16.0. The number of hydrogen-bond acceptors (Lipinski definition) is 4. The lowest BCUT2D eigenvalue weighted by Gasteiger charge is -2.32. The van der Waals surface area contributed by atoms with Crippen molar-refractivity contribution in [3.05, 3.63) is 35.4 Å². The van der Waals surface area contributed by atoms with Gasteiger partial charge in [0.2, 0.25) is 5.91 Å². The summed E-state index contributed by atoms with van der Waals surface area (Å²) in [7, 11) is 0. The number of hydrogen-bond donors (Lipinski definition) is 1. The molecule has 7 nitrogen and oxygen atoms in total. The minimum Gasteiger partial charge on any atom is -0.351 e. The van der Waals surface area contributed by atoms with Gasteiger partial charge in [-0.15, -0.1) is 0 Å². The quantitative estimate of drug-likeness (QED) is 0.588. The number of piperidine rings is 1. The summed E-state index contributed by atoms with van der Waals surface area (Å²) in [6.07, 6.45) is 1.28. The molecule has 27 heavy (non-hydrogen) atoms. The van der Waals surface area contributed by atoms with Crippen molar-refractivity contribution in [3.63, 3.8) is 0 Å². The first-order chi connectivity index (χ1) is 12.9. The van der Waals surface area contributed by atoms with Crippen molar-refractivity contribution in [1.29, 1.82) is 0 Å². The average Bonchev–Trinajstić information content (AvgIpc) is 2.91. The van der Waals surface area contributed by atoms with Gasteiger partial charge in [-0.3, -0.25) is 24.1 Å². The second-order valence-corrected chi connectivity index (χ2v) is 7.62. The topological polar surface area (TPSA) is 86.8 Å². The first-order valence-electron chi connectivity index (χ1n) is 8.70. The normalized spacial score (nSPS) is 17.4. The number of carbonyl (C=O) groups is 4. The molecule has 2 aliphatic heterocycles. The summed E-state index contributed by atoms with van der Waals surface area (Å²) in [5.41, 5.74) is 0.756. The van der Waals surface area contributed by atoms with E-state index < -0.39 is 10.7 Å². The molecule has 0 radical (unpaired) electrons. The van der Waals surface area contributed by atoms with E-state index >= 15 is 0 Å². The Labute approximate surface area is 166 Å². The van der Waals surface area contributed by atoms with Crippen LogP contribution in [0.3, 0.4) is 0 Å². The number of rotatable bonds is 5. The first-order valence-corrected chi connectivity index (χ1v) is 9.57. The second-order valence-electron chi connectivity index (χ2n) is 6.52. The van der Waals surface area contributed by atoms with Crippen LogP contribution in [-0.4, -0.2) is 63.9 Å².